The van der Waals surface area contributed by atoms with Crippen molar-refractivity contribution in [3.63, 3.8) is 0 Å². The van der Waals surface area contributed by atoms with Gasteiger partial charge < -0.3 is 10.2 Å². The normalized spacial score (nSPS) is 17.5. The maximum Gasteiger partial charge on any atom is 0.0105 e. The molecule has 0 fully saturated rings. The molecule has 0 spiro atoms. The molecule has 0 aliphatic carbocycles. The van der Waals surface area contributed by atoms with Gasteiger partial charge in [-0.3, -0.25) is 0 Å². The molecule has 1 N–H and O–H groups in total. The Bertz CT molecular complexity index is 180. The van der Waals surface area contributed by atoms with Gasteiger partial charge >= 0.3 is 0 Å². The molecule has 2 nitrogen and oxygen atoms in total. The van der Waals surface area contributed by atoms with Gasteiger partial charge in [-0.2, -0.15) is 0 Å². The van der Waals surface area contributed by atoms with Crippen molar-refractivity contribution in [3.05, 3.63) is 0 Å². The third kappa shape index (κ3) is 7.05. The third-order valence-electron chi connectivity index (χ3n) is 3.90. The van der Waals surface area contributed by atoms with Crippen molar-refractivity contribution < 1.29 is 0 Å². The highest BCUT2D eigenvalue weighted by atomic mass is 15.2. The van der Waals surface area contributed by atoms with Crippen molar-refractivity contribution in [1.29, 1.82) is 0 Å². The summed E-state index contributed by atoms with van der Waals surface area (Å²) >= 11 is 0. The summed E-state index contributed by atoms with van der Waals surface area (Å²) in [7, 11) is 0. The zero-order chi connectivity index (χ0) is 13.4. The monoisotopic (exact) mass is 242 g/mol. The average molecular weight is 242 g/mol. The molecule has 0 bridgehead atoms. The van der Waals surface area contributed by atoms with E-state index in [2.05, 4.69) is 58.7 Å². The molecule has 0 aromatic heterocycles. The second-order valence-electron chi connectivity index (χ2n) is 5.88. The molecule has 0 amide bonds. The lowest BCUT2D eigenvalue weighted by atomic mass is 9.99. The average Bonchev–Trinajstić information content (AvgIpc) is 2.31. The van der Waals surface area contributed by atoms with E-state index >= 15 is 0 Å². The summed E-state index contributed by atoms with van der Waals surface area (Å²) in [4.78, 5) is 2.63. The van der Waals surface area contributed by atoms with Gasteiger partial charge in [0.25, 0.3) is 0 Å². The van der Waals surface area contributed by atoms with Crippen LogP contribution in [0.1, 0.15) is 54.9 Å². The van der Waals surface area contributed by atoms with Crippen LogP contribution in [0, 0.1) is 11.8 Å². The van der Waals surface area contributed by atoms with Crippen LogP contribution in [0.2, 0.25) is 0 Å². The summed E-state index contributed by atoms with van der Waals surface area (Å²) in [6.07, 6.45) is 1.28. The van der Waals surface area contributed by atoms with Crippen LogP contribution in [0.4, 0.5) is 0 Å². The first-order chi connectivity index (χ1) is 7.92. The highest BCUT2D eigenvalue weighted by Crippen LogP contribution is 2.14. The van der Waals surface area contributed by atoms with Crippen LogP contribution in [0.25, 0.3) is 0 Å². The van der Waals surface area contributed by atoms with E-state index in [4.69, 9.17) is 0 Å². The van der Waals surface area contributed by atoms with Gasteiger partial charge in [-0.15, -0.1) is 0 Å². The zero-order valence-electron chi connectivity index (χ0n) is 13.1. The molecule has 17 heavy (non-hydrogen) atoms. The molecule has 0 heterocycles. The van der Waals surface area contributed by atoms with E-state index < -0.39 is 0 Å². The summed E-state index contributed by atoms with van der Waals surface area (Å²) < 4.78 is 0. The molecule has 0 aliphatic rings. The van der Waals surface area contributed by atoms with Gasteiger partial charge in [0.15, 0.2) is 0 Å². The Morgan fingerprint density at radius 1 is 1.00 bits per heavy atom. The smallest absolute Gasteiger partial charge is 0.0105 e. The van der Waals surface area contributed by atoms with Crippen LogP contribution in [0.15, 0.2) is 0 Å². The maximum absolute atomic E-state index is 3.55. The van der Waals surface area contributed by atoms with Crippen LogP contribution < -0.4 is 5.32 Å². The van der Waals surface area contributed by atoms with Gasteiger partial charge in [-0.1, -0.05) is 48.0 Å². The fourth-order valence-corrected chi connectivity index (χ4v) is 2.06. The quantitative estimate of drug-likeness (QED) is 0.667. The van der Waals surface area contributed by atoms with Crippen LogP contribution in [0.5, 0.6) is 0 Å². The lowest BCUT2D eigenvalue weighted by Crippen LogP contribution is -2.43. The second-order valence-corrected chi connectivity index (χ2v) is 5.88. The standard InChI is InChI=1S/C15H34N2/c1-8-13(5)11-17(9-2)15(7)14(6)10-16-12(3)4/h12-16H,8-11H2,1-7H3. The maximum atomic E-state index is 3.55. The molecule has 3 unspecified atom stereocenters. The van der Waals surface area contributed by atoms with E-state index in [0.29, 0.717) is 18.0 Å². The molecule has 0 radical (unpaired) electrons. The largest absolute Gasteiger partial charge is 0.314 e. The molecular weight excluding hydrogens is 208 g/mol. The van der Waals surface area contributed by atoms with Gasteiger partial charge in [-0.25, -0.2) is 0 Å². The second kappa shape index (κ2) is 8.93. The van der Waals surface area contributed by atoms with Crippen LogP contribution in [-0.2, 0) is 0 Å². The van der Waals surface area contributed by atoms with E-state index in [-0.39, 0.29) is 0 Å². The molecule has 0 aliphatic heterocycles. The van der Waals surface area contributed by atoms with E-state index in [0.717, 1.165) is 19.0 Å². The number of hydrogen-bond donors (Lipinski definition) is 1. The fourth-order valence-electron chi connectivity index (χ4n) is 2.06. The first-order valence-corrected chi connectivity index (χ1v) is 7.39. The van der Waals surface area contributed by atoms with Crippen molar-refractivity contribution >= 4 is 0 Å². The van der Waals surface area contributed by atoms with E-state index in [1.165, 1.54) is 13.0 Å². The molecule has 0 aromatic carbocycles. The Morgan fingerprint density at radius 3 is 2.00 bits per heavy atom. The predicted molar refractivity (Wildman–Crippen MR) is 78.5 cm³/mol. The summed E-state index contributed by atoms with van der Waals surface area (Å²) in [6, 6.07) is 1.26. The number of rotatable bonds is 9. The Kier molecular flexibility index (Phi) is 8.89. The summed E-state index contributed by atoms with van der Waals surface area (Å²) in [5.41, 5.74) is 0. The lowest BCUT2D eigenvalue weighted by Gasteiger charge is -2.34. The number of nitrogens with zero attached hydrogens (tertiary/aromatic N) is 1. The van der Waals surface area contributed by atoms with Crippen LogP contribution in [0.3, 0.4) is 0 Å². The lowest BCUT2D eigenvalue weighted by molar-refractivity contribution is 0.144. The number of nitrogens with one attached hydrogen (secondary N) is 1. The van der Waals surface area contributed by atoms with Crippen molar-refractivity contribution in [2.45, 2.75) is 67.0 Å². The predicted octanol–water partition coefficient (Wildman–Crippen LogP) is 3.38. The van der Waals surface area contributed by atoms with Gasteiger partial charge in [0.2, 0.25) is 0 Å². The summed E-state index contributed by atoms with van der Waals surface area (Å²) in [6.45, 7) is 19.6. The molecule has 0 aromatic rings. The van der Waals surface area contributed by atoms with Gasteiger partial charge in [0.1, 0.15) is 0 Å². The van der Waals surface area contributed by atoms with Crippen LogP contribution in [-0.4, -0.2) is 36.6 Å². The van der Waals surface area contributed by atoms with Gasteiger partial charge in [0, 0.05) is 18.6 Å². The van der Waals surface area contributed by atoms with E-state index in [1.807, 2.05) is 0 Å². The number of hydrogen-bond acceptors (Lipinski definition) is 2. The summed E-state index contributed by atoms with van der Waals surface area (Å²) in [5.74, 6) is 1.52. The first-order valence-electron chi connectivity index (χ1n) is 7.39. The minimum absolute atomic E-state index is 0.592. The minimum atomic E-state index is 0.592. The third-order valence-corrected chi connectivity index (χ3v) is 3.90. The SMILES string of the molecule is CCC(C)CN(CC)C(C)C(C)CNC(C)C. The Hall–Kier alpha value is -0.0800. The Balaban J connectivity index is 4.16. The van der Waals surface area contributed by atoms with Crippen molar-refractivity contribution in [2.24, 2.45) is 11.8 Å². The Morgan fingerprint density at radius 2 is 1.59 bits per heavy atom. The molecule has 2 heteroatoms. The molecule has 0 saturated carbocycles. The molecule has 104 valence electrons. The van der Waals surface area contributed by atoms with Gasteiger partial charge in [-0.05, 0) is 31.8 Å². The molecule has 0 saturated heterocycles. The highest BCUT2D eigenvalue weighted by Gasteiger charge is 2.20. The van der Waals surface area contributed by atoms with Crippen molar-refractivity contribution in [3.8, 4) is 0 Å². The Labute approximate surface area is 109 Å². The van der Waals surface area contributed by atoms with E-state index in [9.17, 15) is 0 Å². The first kappa shape index (κ1) is 16.9. The minimum Gasteiger partial charge on any atom is -0.314 e. The fraction of sp³-hybridized carbons (Fsp3) is 1.00. The zero-order valence-corrected chi connectivity index (χ0v) is 13.1. The summed E-state index contributed by atoms with van der Waals surface area (Å²) in [5, 5.41) is 3.55. The topological polar surface area (TPSA) is 15.3 Å². The molecule has 3 atom stereocenters. The molecular formula is C15H34N2. The van der Waals surface area contributed by atoms with Crippen LogP contribution >= 0.6 is 0 Å². The highest BCUT2D eigenvalue weighted by molar-refractivity contribution is 4.75. The van der Waals surface area contributed by atoms with E-state index in [1.54, 1.807) is 0 Å². The molecule has 0 rings (SSSR count). The van der Waals surface area contributed by atoms with Gasteiger partial charge in [0.05, 0.1) is 0 Å². The van der Waals surface area contributed by atoms with Crippen molar-refractivity contribution in [1.82, 2.24) is 10.2 Å². The van der Waals surface area contributed by atoms with Crippen molar-refractivity contribution in [2.75, 3.05) is 19.6 Å².